The second-order valence-corrected chi connectivity index (χ2v) is 8.48. The molecule has 1 fully saturated rings. The number of rotatable bonds is 9. The molecule has 3 rings (SSSR count). The third-order valence-electron chi connectivity index (χ3n) is 5.85. The van der Waals surface area contributed by atoms with Crippen LogP contribution in [0.15, 0.2) is 48.5 Å². The van der Waals surface area contributed by atoms with E-state index < -0.39 is 55.0 Å². The lowest BCUT2D eigenvalue weighted by atomic mass is 9.89. The second-order valence-electron chi connectivity index (χ2n) is 8.48. The van der Waals surface area contributed by atoms with Crippen LogP contribution in [-0.4, -0.2) is 90.7 Å². The second kappa shape index (κ2) is 11.3. The summed E-state index contributed by atoms with van der Waals surface area (Å²) in [6.07, 6.45) is -8.73. The Morgan fingerprint density at radius 2 is 1.60 bits per heavy atom. The molecule has 1 heterocycles. The molecular weight excluding hydrogens is 464 g/mol. The van der Waals surface area contributed by atoms with E-state index in [0.717, 1.165) is 0 Å². The maximum absolute atomic E-state index is 12.6. The maximum Gasteiger partial charge on any atom is 0.341 e. The van der Waals surface area contributed by atoms with E-state index in [9.17, 15) is 40.5 Å². The van der Waals surface area contributed by atoms with Gasteiger partial charge in [0, 0.05) is 6.42 Å². The summed E-state index contributed by atoms with van der Waals surface area (Å²) >= 11 is 0. The molecule has 11 heteroatoms. The summed E-state index contributed by atoms with van der Waals surface area (Å²) in [5.41, 5.74) is -1.17. The number of aliphatic hydroxyl groups excluding tert-OH is 5. The highest BCUT2D eigenvalue weighted by molar-refractivity contribution is 5.80. The zero-order valence-corrected chi connectivity index (χ0v) is 19.0. The van der Waals surface area contributed by atoms with E-state index in [4.69, 9.17) is 14.2 Å². The molecule has 0 bridgehead atoms. The van der Waals surface area contributed by atoms with Crippen molar-refractivity contribution >= 4 is 5.97 Å². The van der Waals surface area contributed by atoms with E-state index in [1.165, 1.54) is 43.3 Å². The molecule has 0 saturated carbocycles. The monoisotopic (exact) mass is 494 g/mol. The van der Waals surface area contributed by atoms with Gasteiger partial charge in [0.05, 0.1) is 12.7 Å². The van der Waals surface area contributed by atoms with Crippen molar-refractivity contribution in [1.82, 2.24) is 0 Å². The molecule has 0 aliphatic carbocycles. The third kappa shape index (κ3) is 6.27. The van der Waals surface area contributed by atoms with E-state index in [0.29, 0.717) is 11.1 Å². The molecule has 7 atom stereocenters. The predicted molar refractivity (Wildman–Crippen MR) is 119 cm³/mol. The zero-order valence-electron chi connectivity index (χ0n) is 19.0. The number of aliphatic hydroxyl groups is 6. The minimum atomic E-state index is -2.21. The molecule has 0 amide bonds. The SMILES string of the molecule is C[C@@H](O)[C@@](O)(Cc1ccc(O)cc1)C(=O)OCc1ccc(O[C@@H]2O[C@@H](CO)[C@@H](O)[C@@H](O)[C@H]2O)cc1. The van der Waals surface area contributed by atoms with Crippen LogP contribution >= 0.6 is 0 Å². The topological polar surface area (TPSA) is 186 Å². The number of esters is 1. The number of carbonyl (C=O) groups excluding carboxylic acids is 1. The molecule has 0 aromatic heterocycles. The van der Waals surface area contributed by atoms with Crippen molar-refractivity contribution in [2.45, 2.75) is 62.4 Å². The number of aromatic hydroxyl groups is 1. The highest BCUT2D eigenvalue weighted by atomic mass is 16.7. The van der Waals surface area contributed by atoms with Crippen LogP contribution in [0.25, 0.3) is 0 Å². The first-order chi connectivity index (χ1) is 16.5. The molecule has 11 nitrogen and oxygen atoms in total. The van der Waals surface area contributed by atoms with Gasteiger partial charge in [-0.05, 0) is 42.3 Å². The van der Waals surface area contributed by atoms with E-state index in [1.807, 2.05) is 0 Å². The Morgan fingerprint density at radius 1 is 1.00 bits per heavy atom. The molecule has 2 aromatic carbocycles. The van der Waals surface area contributed by atoms with Crippen LogP contribution in [0.5, 0.6) is 11.5 Å². The Labute approximate surface area is 201 Å². The van der Waals surface area contributed by atoms with Gasteiger partial charge in [-0.2, -0.15) is 0 Å². The lowest BCUT2D eigenvalue weighted by Crippen LogP contribution is -2.60. The lowest BCUT2D eigenvalue weighted by Gasteiger charge is -2.39. The van der Waals surface area contributed by atoms with Gasteiger partial charge in [-0.15, -0.1) is 0 Å². The molecule has 1 aliphatic heterocycles. The summed E-state index contributed by atoms with van der Waals surface area (Å²) in [5.74, 6) is -0.768. The van der Waals surface area contributed by atoms with Gasteiger partial charge in [0.15, 0.2) is 5.60 Å². The van der Waals surface area contributed by atoms with Crippen molar-refractivity contribution < 1.29 is 54.8 Å². The number of hydrogen-bond acceptors (Lipinski definition) is 11. The summed E-state index contributed by atoms with van der Waals surface area (Å²) in [6, 6.07) is 11.9. The summed E-state index contributed by atoms with van der Waals surface area (Å²) < 4.78 is 16.0. The number of phenols is 1. The van der Waals surface area contributed by atoms with Crippen molar-refractivity contribution in [2.75, 3.05) is 6.61 Å². The Morgan fingerprint density at radius 3 is 2.17 bits per heavy atom. The van der Waals surface area contributed by atoms with Gasteiger partial charge in [-0.1, -0.05) is 24.3 Å². The van der Waals surface area contributed by atoms with E-state index in [-0.39, 0.29) is 24.5 Å². The molecule has 1 aliphatic rings. The molecule has 2 aromatic rings. The van der Waals surface area contributed by atoms with Crippen molar-refractivity contribution in [3.63, 3.8) is 0 Å². The van der Waals surface area contributed by atoms with E-state index in [2.05, 4.69) is 0 Å². The molecule has 192 valence electrons. The van der Waals surface area contributed by atoms with Gasteiger partial charge in [-0.3, -0.25) is 0 Å². The van der Waals surface area contributed by atoms with Crippen LogP contribution in [0, 0.1) is 0 Å². The maximum atomic E-state index is 12.6. The highest BCUT2D eigenvalue weighted by Gasteiger charge is 2.45. The van der Waals surface area contributed by atoms with E-state index in [1.54, 1.807) is 12.1 Å². The number of hydrogen-bond donors (Lipinski definition) is 7. The summed E-state index contributed by atoms with van der Waals surface area (Å²) in [7, 11) is 0. The Bertz CT molecular complexity index is 960. The fourth-order valence-corrected chi connectivity index (χ4v) is 3.55. The van der Waals surface area contributed by atoms with Gasteiger partial charge in [0.2, 0.25) is 6.29 Å². The zero-order chi connectivity index (χ0) is 25.8. The molecule has 7 N–H and O–H groups in total. The lowest BCUT2D eigenvalue weighted by molar-refractivity contribution is -0.277. The fourth-order valence-electron chi connectivity index (χ4n) is 3.55. The van der Waals surface area contributed by atoms with Crippen LogP contribution in [0.2, 0.25) is 0 Å². The van der Waals surface area contributed by atoms with Crippen molar-refractivity contribution in [3.05, 3.63) is 59.7 Å². The number of benzene rings is 2. The van der Waals surface area contributed by atoms with E-state index >= 15 is 0 Å². The minimum Gasteiger partial charge on any atom is -0.508 e. The summed E-state index contributed by atoms with van der Waals surface area (Å²) in [6.45, 7) is 0.470. The number of ether oxygens (including phenoxy) is 3. The average molecular weight is 494 g/mol. The van der Waals surface area contributed by atoms with Gasteiger partial charge in [0.25, 0.3) is 0 Å². The fraction of sp³-hybridized carbons (Fsp3) is 0.458. The minimum absolute atomic E-state index is 0.0240. The molecule has 0 spiro atoms. The van der Waals surface area contributed by atoms with Crippen LogP contribution < -0.4 is 4.74 Å². The first kappa shape index (κ1) is 26.8. The van der Waals surface area contributed by atoms with Gasteiger partial charge in [0.1, 0.15) is 42.5 Å². The number of phenolic OH excluding ortho intramolecular Hbond substituents is 1. The predicted octanol–water partition coefficient (Wildman–Crippen LogP) is -1.03. The Balaban J connectivity index is 1.59. The normalized spacial score (nSPS) is 27.0. The quantitative estimate of drug-likeness (QED) is 0.211. The van der Waals surface area contributed by atoms with Crippen molar-refractivity contribution in [1.29, 1.82) is 0 Å². The first-order valence-corrected chi connectivity index (χ1v) is 11.0. The smallest absolute Gasteiger partial charge is 0.341 e. The van der Waals surface area contributed by atoms with Crippen molar-refractivity contribution in [2.24, 2.45) is 0 Å². The first-order valence-electron chi connectivity index (χ1n) is 11.0. The summed E-state index contributed by atoms with van der Waals surface area (Å²) in [5, 5.41) is 69.2. The Hall–Kier alpha value is -2.77. The average Bonchev–Trinajstić information content (AvgIpc) is 2.84. The third-order valence-corrected chi connectivity index (χ3v) is 5.85. The molecule has 0 unspecified atom stereocenters. The molecule has 0 radical (unpaired) electrons. The van der Waals surface area contributed by atoms with Crippen LogP contribution in [0.1, 0.15) is 18.1 Å². The van der Waals surface area contributed by atoms with Crippen LogP contribution in [-0.2, 0) is 27.3 Å². The molecule has 35 heavy (non-hydrogen) atoms. The largest absolute Gasteiger partial charge is 0.508 e. The molecule has 1 saturated heterocycles. The van der Waals surface area contributed by atoms with Crippen LogP contribution in [0.3, 0.4) is 0 Å². The Kier molecular flexibility index (Phi) is 8.67. The number of carbonyl (C=O) groups is 1. The molecular formula is C24H30O11. The van der Waals surface area contributed by atoms with Crippen LogP contribution in [0.4, 0.5) is 0 Å². The van der Waals surface area contributed by atoms with Gasteiger partial charge >= 0.3 is 5.97 Å². The van der Waals surface area contributed by atoms with Gasteiger partial charge in [-0.25, -0.2) is 4.79 Å². The highest BCUT2D eigenvalue weighted by Crippen LogP contribution is 2.25. The standard InChI is InChI=1S/C24H30O11/c1-13(26)24(32,10-14-2-6-16(27)7-3-14)23(31)33-12-15-4-8-17(9-5-15)34-22-21(30)20(29)19(28)18(11-25)35-22/h2-9,13,18-22,25-30,32H,10-12H2,1H3/t13-,18+,19-,20-,21-,22-,24+/m1/s1. The van der Waals surface area contributed by atoms with Gasteiger partial charge < -0.3 is 50.0 Å². The van der Waals surface area contributed by atoms with Crippen molar-refractivity contribution in [3.8, 4) is 11.5 Å². The summed E-state index contributed by atoms with van der Waals surface area (Å²) in [4.78, 5) is 12.6.